The van der Waals surface area contributed by atoms with Gasteiger partial charge in [0.05, 0.1) is 12.0 Å². The highest BCUT2D eigenvalue weighted by Gasteiger charge is 2.41. The molecule has 0 atom stereocenters. The molecule has 3 fully saturated rings. The van der Waals surface area contributed by atoms with E-state index in [1.807, 2.05) is 0 Å². The number of hydrogen-bond donors (Lipinski definition) is 1. The molecule has 2 heterocycles. The van der Waals surface area contributed by atoms with Gasteiger partial charge in [-0.2, -0.15) is 0 Å². The Labute approximate surface area is 223 Å². The van der Waals surface area contributed by atoms with Crippen LogP contribution in [-0.2, 0) is 14.8 Å². The number of carbonyl (C=O) groups excluding carboxylic acids is 1. The fourth-order valence-electron chi connectivity index (χ4n) is 6.79. The second kappa shape index (κ2) is 11.6. The molecule has 4 rings (SSSR count). The molecule has 1 amide bonds. The Morgan fingerprint density at radius 3 is 2.22 bits per heavy atom. The highest BCUT2D eigenvalue weighted by Crippen LogP contribution is 2.41. The summed E-state index contributed by atoms with van der Waals surface area (Å²) in [6.45, 7) is 8.62. The zero-order valence-corrected chi connectivity index (χ0v) is 24.2. The quantitative estimate of drug-likeness (QED) is 0.552. The van der Waals surface area contributed by atoms with E-state index in [0.717, 1.165) is 25.7 Å². The molecule has 8 nitrogen and oxygen atoms in total. The Hall–Kier alpha value is -1.68. The summed E-state index contributed by atoms with van der Waals surface area (Å²) >= 11 is 0. The number of benzene rings is 1. The van der Waals surface area contributed by atoms with Crippen molar-refractivity contribution in [1.82, 2.24) is 19.4 Å². The van der Waals surface area contributed by atoms with Crippen LogP contribution in [0.5, 0.6) is 5.75 Å². The minimum atomic E-state index is -3.70. The summed E-state index contributed by atoms with van der Waals surface area (Å²) in [6.07, 6.45) is 8.40. The lowest BCUT2D eigenvalue weighted by atomic mass is 9.76. The van der Waals surface area contributed by atoms with Crippen LogP contribution in [0.3, 0.4) is 0 Å². The summed E-state index contributed by atoms with van der Waals surface area (Å²) in [7, 11) is 1.66. The highest BCUT2D eigenvalue weighted by molar-refractivity contribution is 7.89. The molecule has 1 saturated carbocycles. The predicted molar refractivity (Wildman–Crippen MR) is 146 cm³/mol. The lowest BCUT2D eigenvalue weighted by Crippen LogP contribution is -2.49. The first kappa shape index (κ1) is 28.3. The number of nitrogens with zero attached hydrogens (tertiary/aromatic N) is 3. The van der Waals surface area contributed by atoms with E-state index in [1.54, 1.807) is 40.1 Å². The van der Waals surface area contributed by atoms with E-state index in [2.05, 4.69) is 22.2 Å². The van der Waals surface area contributed by atoms with Gasteiger partial charge in [0.2, 0.25) is 15.9 Å². The summed E-state index contributed by atoms with van der Waals surface area (Å²) in [5.41, 5.74) is 1.84. The van der Waals surface area contributed by atoms with Crippen molar-refractivity contribution < 1.29 is 17.9 Å². The fraction of sp³-hybridized carbons (Fsp3) is 0.750. The Kier molecular flexibility index (Phi) is 8.88. The lowest BCUT2D eigenvalue weighted by molar-refractivity contribution is -0.122. The maximum atomic E-state index is 13.2. The minimum absolute atomic E-state index is 0.0704. The number of amides is 1. The minimum Gasteiger partial charge on any atom is -0.497 e. The third-order valence-corrected chi connectivity index (χ3v) is 11.2. The highest BCUT2D eigenvalue weighted by atomic mass is 32.2. The van der Waals surface area contributed by atoms with E-state index < -0.39 is 10.0 Å². The number of nitrogens with one attached hydrogen (secondary N) is 1. The largest absolute Gasteiger partial charge is 0.497 e. The van der Waals surface area contributed by atoms with Crippen molar-refractivity contribution in [3.8, 4) is 5.75 Å². The predicted octanol–water partition coefficient (Wildman–Crippen LogP) is 3.17. The number of piperidine rings is 1. The van der Waals surface area contributed by atoms with Crippen molar-refractivity contribution >= 4 is 15.9 Å². The van der Waals surface area contributed by atoms with Gasteiger partial charge in [-0.05, 0) is 114 Å². The zero-order valence-electron chi connectivity index (χ0n) is 23.4. The number of sulfonamides is 1. The lowest BCUT2D eigenvalue weighted by Gasteiger charge is -2.44. The number of rotatable bonds is 8. The molecule has 2 aliphatic heterocycles. The Morgan fingerprint density at radius 2 is 1.68 bits per heavy atom. The average molecular weight is 535 g/mol. The van der Waals surface area contributed by atoms with Gasteiger partial charge in [-0.25, -0.2) is 12.7 Å². The maximum Gasteiger partial charge on any atom is 0.243 e. The molecule has 1 spiro atoms. The van der Waals surface area contributed by atoms with Crippen LogP contribution in [0.25, 0.3) is 0 Å². The van der Waals surface area contributed by atoms with Crippen LogP contribution in [0.2, 0.25) is 0 Å². The van der Waals surface area contributed by atoms with Gasteiger partial charge in [0.15, 0.2) is 0 Å². The number of carbonyl (C=O) groups is 1. The van der Waals surface area contributed by atoms with Gasteiger partial charge in [0.1, 0.15) is 5.75 Å². The molecule has 0 bridgehead atoms. The smallest absolute Gasteiger partial charge is 0.243 e. The van der Waals surface area contributed by atoms with E-state index in [4.69, 9.17) is 4.74 Å². The molecule has 37 heavy (non-hydrogen) atoms. The molecule has 0 radical (unpaired) electrons. The van der Waals surface area contributed by atoms with Crippen molar-refractivity contribution in [2.75, 3.05) is 53.9 Å². The third-order valence-electron chi connectivity index (χ3n) is 9.06. The van der Waals surface area contributed by atoms with Crippen LogP contribution in [0.15, 0.2) is 17.0 Å². The molecule has 1 N–H and O–H groups in total. The molecule has 0 aromatic heterocycles. The second-order valence-electron chi connectivity index (χ2n) is 11.8. The van der Waals surface area contributed by atoms with Crippen molar-refractivity contribution in [3.05, 3.63) is 23.3 Å². The molecular formula is C28H46N4O4S. The molecule has 208 valence electrons. The van der Waals surface area contributed by atoms with Crippen LogP contribution in [0.1, 0.15) is 62.5 Å². The number of ether oxygens (including phenoxy) is 1. The monoisotopic (exact) mass is 534 g/mol. The Balaban J connectivity index is 1.21. The maximum absolute atomic E-state index is 13.2. The number of likely N-dealkylation sites (tertiary alicyclic amines) is 2. The topological polar surface area (TPSA) is 82.2 Å². The number of methoxy groups -OCH3 is 1. The van der Waals surface area contributed by atoms with Crippen LogP contribution in [0, 0.1) is 19.3 Å². The van der Waals surface area contributed by atoms with E-state index >= 15 is 0 Å². The van der Waals surface area contributed by atoms with Gasteiger partial charge >= 0.3 is 0 Å². The van der Waals surface area contributed by atoms with E-state index in [9.17, 15) is 13.2 Å². The van der Waals surface area contributed by atoms with Crippen molar-refractivity contribution in [2.45, 2.75) is 82.2 Å². The van der Waals surface area contributed by atoms with Gasteiger partial charge in [-0.15, -0.1) is 0 Å². The normalized spacial score (nSPS) is 25.0. The zero-order chi connectivity index (χ0) is 26.8. The first-order valence-corrected chi connectivity index (χ1v) is 15.3. The van der Waals surface area contributed by atoms with Gasteiger partial charge < -0.3 is 19.9 Å². The van der Waals surface area contributed by atoms with Crippen LogP contribution in [-0.4, -0.2) is 94.4 Å². The van der Waals surface area contributed by atoms with Gasteiger partial charge in [0.25, 0.3) is 0 Å². The SMILES string of the molecule is COc1cc(C)c(S(=O)(=O)N(C)CCC(=O)NC2CCC(N3CCC4(CCN(C)C4)CC3)CC2)c(C)c1. The molecule has 1 aliphatic carbocycles. The summed E-state index contributed by atoms with van der Waals surface area (Å²) in [6, 6.07) is 4.28. The van der Waals surface area contributed by atoms with Crippen LogP contribution in [0.4, 0.5) is 0 Å². The average Bonchev–Trinajstić information content (AvgIpc) is 3.22. The first-order valence-electron chi connectivity index (χ1n) is 13.9. The molecule has 1 aromatic rings. The Morgan fingerprint density at radius 1 is 1.08 bits per heavy atom. The van der Waals surface area contributed by atoms with Crippen molar-refractivity contribution in [3.63, 3.8) is 0 Å². The van der Waals surface area contributed by atoms with E-state index in [0.29, 0.717) is 28.3 Å². The van der Waals surface area contributed by atoms with Crippen molar-refractivity contribution in [2.24, 2.45) is 5.41 Å². The number of aryl methyl sites for hydroxylation is 2. The third kappa shape index (κ3) is 6.49. The van der Waals surface area contributed by atoms with Crippen LogP contribution >= 0.6 is 0 Å². The summed E-state index contributed by atoms with van der Waals surface area (Å²) < 4.78 is 33.0. The number of hydrogen-bond acceptors (Lipinski definition) is 6. The summed E-state index contributed by atoms with van der Waals surface area (Å²) in [5.74, 6) is 0.565. The van der Waals surface area contributed by atoms with E-state index in [1.165, 1.54) is 49.7 Å². The summed E-state index contributed by atoms with van der Waals surface area (Å²) in [4.78, 5) is 18.2. The fourth-order valence-corrected chi connectivity index (χ4v) is 8.36. The standard InChI is InChI=1S/C28H46N4O4S/c1-21-18-25(36-5)19-22(2)27(21)37(34,35)31(4)14-10-26(33)29-23-6-8-24(9-7-23)32-16-12-28(13-17-32)11-15-30(3)20-28/h18-19,23-24H,6-17,20H2,1-5H3,(H,29,33). The summed E-state index contributed by atoms with van der Waals surface area (Å²) in [5, 5.41) is 3.17. The molecule has 1 aromatic carbocycles. The van der Waals surface area contributed by atoms with E-state index in [-0.39, 0.29) is 29.8 Å². The van der Waals surface area contributed by atoms with Crippen LogP contribution < -0.4 is 10.1 Å². The van der Waals surface area contributed by atoms with Gasteiger partial charge in [-0.3, -0.25) is 4.79 Å². The molecule has 2 saturated heterocycles. The van der Waals surface area contributed by atoms with Gasteiger partial charge in [-0.1, -0.05) is 0 Å². The molecule has 9 heteroatoms. The first-order chi connectivity index (χ1) is 17.5. The molecule has 3 aliphatic rings. The van der Waals surface area contributed by atoms with Crippen molar-refractivity contribution in [1.29, 1.82) is 0 Å². The molecule has 0 unspecified atom stereocenters. The molecular weight excluding hydrogens is 488 g/mol. The Bertz CT molecular complexity index is 1040. The second-order valence-corrected chi connectivity index (χ2v) is 13.7. The van der Waals surface area contributed by atoms with Gasteiger partial charge in [0, 0.05) is 38.6 Å².